The summed E-state index contributed by atoms with van der Waals surface area (Å²) >= 11 is 0. The van der Waals surface area contributed by atoms with Gasteiger partial charge in [-0.1, -0.05) is 24.8 Å². The van der Waals surface area contributed by atoms with Gasteiger partial charge < -0.3 is 19.4 Å². The number of likely N-dealkylation sites (N-methyl/N-ethyl adjacent to an activating group) is 1. The first-order valence-corrected chi connectivity index (χ1v) is 14.6. The number of nitrogens with zero attached hydrogens (tertiary/aromatic N) is 8. The largest absolute Gasteiger partial charge is 0.462 e. The van der Waals surface area contributed by atoms with Crippen LogP contribution in [-0.2, 0) is 4.79 Å². The number of carbonyl (C=O) groups excluding carboxylic acids is 1. The average Bonchev–Trinajstić information content (AvgIpc) is 3.30. The van der Waals surface area contributed by atoms with E-state index in [0.717, 1.165) is 16.3 Å². The zero-order valence-electron chi connectivity index (χ0n) is 25.2. The molecule has 1 aromatic carbocycles. The fourth-order valence-electron chi connectivity index (χ4n) is 6.27. The van der Waals surface area contributed by atoms with Gasteiger partial charge in [0.25, 0.3) is 11.8 Å². The number of halogens is 4. The van der Waals surface area contributed by atoms with E-state index in [1.54, 1.807) is 18.1 Å². The number of pyridine rings is 2. The summed E-state index contributed by atoms with van der Waals surface area (Å²) in [6, 6.07) is 4.10. The van der Waals surface area contributed by atoms with Crippen LogP contribution in [-0.4, -0.2) is 100 Å². The maximum atomic E-state index is 16.6. The van der Waals surface area contributed by atoms with Gasteiger partial charge in [-0.15, -0.1) is 0 Å². The minimum atomic E-state index is -2.87. The molecule has 0 aliphatic carbocycles. The summed E-state index contributed by atoms with van der Waals surface area (Å²) in [5, 5.41) is 1.81. The predicted octanol–water partition coefficient (Wildman–Crippen LogP) is 4.83. The van der Waals surface area contributed by atoms with Crippen molar-refractivity contribution in [2.24, 2.45) is 0 Å². The smallest absolute Gasteiger partial charge is 0.319 e. The van der Waals surface area contributed by atoms with Crippen molar-refractivity contribution in [1.29, 1.82) is 0 Å². The second kappa shape index (κ2) is 12.1. The van der Waals surface area contributed by atoms with Gasteiger partial charge >= 0.3 is 6.01 Å². The van der Waals surface area contributed by atoms with Gasteiger partial charge in [0.15, 0.2) is 11.6 Å². The number of benzene rings is 1. The van der Waals surface area contributed by atoms with Crippen molar-refractivity contribution in [3.8, 4) is 17.3 Å². The van der Waals surface area contributed by atoms with Crippen molar-refractivity contribution in [3.05, 3.63) is 72.0 Å². The first-order chi connectivity index (χ1) is 22.0. The molecule has 238 valence electrons. The summed E-state index contributed by atoms with van der Waals surface area (Å²) < 4.78 is 64.3. The lowest BCUT2D eigenvalue weighted by Gasteiger charge is -2.39. The quantitative estimate of drug-likeness (QED) is 0.162. The molecule has 3 aromatic heterocycles. The van der Waals surface area contributed by atoms with E-state index in [9.17, 15) is 18.0 Å². The first kappa shape index (κ1) is 31.1. The number of aryl methyl sites for hydroxylation is 1. The Labute approximate surface area is 262 Å². The maximum absolute atomic E-state index is 16.6. The molecule has 2 fully saturated rings. The molecule has 2 saturated heterocycles. The number of ether oxygens (including phenoxy) is 1. The molecule has 14 heteroatoms. The Hall–Kier alpha value is -4.90. The fourth-order valence-corrected chi connectivity index (χ4v) is 6.27. The molecule has 10 nitrogen and oxygen atoms in total. The van der Waals surface area contributed by atoms with E-state index in [2.05, 4.69) is 31.4 Å². The van der Waals surface area contributed by atoms with Gasteiger partial charge in [0, 0.05) is 61.6 Å². The van der Waals surface area contributed by atoms with Crippen LogP contribution in [0.25, 0.3) is 37.8 Å². The minimum absolute atomic E-state index is 0.00780. The number of likely N-dealkylation sites (tertiary alicyclic amines) is 1. The molecule has 2 atom stereocenters. The van der Waals surface area contributed by atoms with Crippen molar-refractivity contribution in [3.63, 3.8) is 0 Å². The molecule has 0 radical (unpaired) electrons. The van der Waals surface area contributed by atoms with Crippen LogP contribution in [0.15, 0.2) is 49.2 Å². The van der Waals surface area contributed by atoms with E-state index in [1.807, 2.05) is 25.1 Å². The van der Waals surface area contributed by atoms with Gasteiger partial charge in [-0.05, 0) is 24.9 Å². The lowest BCUT2D eigenvalue weighted by molar-refractivity contribution is -0.131. The Morgan fingerprint density at radius 3 is 2.72 bits per heavy atom. The van der Waals surface area contributed by atoms with Crippen LogP contribution in [0.3, 0.4) is 0 Å². The van der Waals surface area contributed by atoms with Gasteiger partial charge in [0.1, 0.15) is 29.7 Å². The first-order valence-electron chi connectivity index (χ1n) is 14.6. The minimum Gasteiger partial charge on any atom is -0.462 e. The van der Waals surface area contributed by atoms with Crippen molar-refractivity contribution < 1.29 is 27.1 Å². The van der Waals surface area contributed by atoms with Crippen LogP contribution in [0.4, 0.5) is 23.4 Å². The van der Waals surface area contributed by atoms with E-state index in [1.165, 1.54) is 22.2 Å². The van der Waals surface area contributed by atoms with Crippen LogP contribution < -0.4 is 9.64 Å². The van der Waals surface area contributed by atoms with Gasteiger partial charge in [0.05, 0.1) is 11.9 Å². The number of piperazine rings is 1. The molecule has 0 saturated carbocycles. The van der Waals surface area contributed by atoms with Gasteiger partial charge in [-0.25, -0.2) is 24.1 Å². The number of alkyl halides is 2. The fraction of sp³-hybridized carbons (Fsp3) is 0.375. The summed E-state index contributed by atoms with van der Waals surface area (Å²) in [7, 11) is 1.57. The summed E-state index contributed by atoms with van der Waals surface area (Å²) in [6.45, 7) is 12.0. The number of hydrogen-bond acceptors (Lipinski definition) is 8. The lowest BCUT2D eigenvalue weighted by Crippen LogP contribution is -2.56. The second-order valence-electron chi connectivity index (χ2n) is 11.7. The lowest BCUT2D eigenvalue weighted by atomic mass is 10.00. The topological polar surface area (TPSA) is 91.9 Å². The molecule has 0 spiro atoms. The Morgan fingerprint density at radius 2 is 2.00 bits per heavy atom. The highest BCUT2D eigenvalue weighted by atomic mass is 19.3. The van der Waals surface area contributed by atoms with Crippen molar-refractivity contribution in [1.82, 2.24) is 29.7 Å². The third-order valence-electron chi connectivity index (χ3n) is 8.51. The number of anilines is 1. The Bertz CT molecular complexity index is 1890. The van der Waals surface area contributed by atoms with Gasteiger partial charge in [0.2, 0.25) is 6.54 Å². The van der Waals surface area contributed by atoms with E-state index >= 15 is 4.39 Å². The van der Waals surface area contributed by atoms with Crippen molar-refractivity contribution in [2.75, 3.05) is 51.3 Å². The van der Waals surface area contributed by atoms with E-state index in [-0.39, 0.29) is 61.2 Å². The highest BCUT2D eigenvalue weighted by molar-refractivity contribution is 6.00. The van der Waals surface area contributed by atoms with Crippen LogP contribution >= 0.6 is 0 Å². The standard InChI is InChI=1S/C32H30F4N8O2/c1-18-6-5-7-20-11-38-13-23(25(18)20)27-26(34)28-24(14-39-27)29(41-31(40-28)46-16-21-10-32(35,36)17-42(21)4)43-8-9-44(30(45)19(2)33)22(15-43)12-37-3/h5-7,11,13-14,21-22H,2,8-10,12,15-17H2,1,4H3/t21-,22-/m0/s1. The highest BCUT2D eigenvalue weighted by Crippen LogP contribution is 2.36. The summed E-state index contributed by atoms with van der Waals surface area (Å²) in [4.78, 5) is 38.1. The number of rotatable bonds is 7. The molecule has 2 aliphatic rings. The molecule has 2 aliphatic heterocycles. The van der Waals surface area contributed by atoms with E-state index < -0.39 is 48.5 Å². The summed E-state index contributed by atoms with van der Waals surface area (Å²) in [6.07, 6.45) is 4.25. The van der Waals surface area contributed by atoms with Crippen LogP contribution in [0.2, 0.25) is 0 Å². The molecular weight excluding hydrogens is 604 g/mol. The molecule has 1 amide bonds. The number of amides is 1. The number of hydrogen-bond donors (Lipinski definition) is 0. The second-order valence-corrected chi connectivity index (χ2v) is 11.7. The Kier molecular flexibility index (Phi) is 8.20. The van der Waals surface area contributed by atoms with Gasteiger partial charge in [-0.3, -0.25) is 19.7 Å². The number of carbonyl (C=O) groups is 1. The Morgan fingerprint density at radius 1 is 1.20 bits per heavy atom. The molecule has 5 heterocycles. The Balaban J connectivity index is 1.44. The number of fused-ring (bicyclic) bond motifs is 2. The molecule has 0 N–H and O–H groups in total. The molecule has 46 heavy (non-hydrogen) atoms. The molecule has 0 bridgehead atoms. The van der Waals surface area contributed by atoms with Crippen LogP contribution in [0.5, 0.6) is 6.01 Å². The van der Waals surface area contributed by atoms with E-state index in [4.69, 9.17) is 11.3 Å². The zero-order valence-corrected chi connectivity index (χ0v) is 25.2. The van der Waals surface area contributed by atoms with Crippen molar-refractivity contribution >= 4 is 33.4 Å². The molecular formula is C32H30F4N8O2. The number of aromatic nitrogens is 4. The zero-order chi connectivity index (χ0) is 32.7. The molecule has 4 aromatic rings. The van der Waals surface area contributed by atoms with Crippen molar-refractivity contribution in [2.45, 2.75) is 31.4 Å². The maximum Gasteiger partial charge on any atom is 0.319 e. The monoisotopic (exact) mass is 634 g/mol. The van der Waals surface area contributed by atoms with Crippen LogP contribution in [0.1, 0.15) is 12.0 Å². The highest BCUT2D eigenvalue weighted by Gasteiger charge is 2.43. The third-order valence-corrected chi connectivity index (χ3v) is 8.51. The third kappa shape index (κ3) is 5.78. The van der Waals surface area contributed by atoms with Crippen LogP contribution in [0, 0.1) is 19.3 Å². The summed E-state index contributed by atoms with van der Waals surface area (Å²) in [5.41, 5.74) is 1.25. The molecule has 6 rings (SSSR count). The SMILES string of the molecule is [C-]#[N+]C[C@H]1CN(c2nc(OC[C@@H]3CC(F)(F)CN3C)nc3c(F)c(-c4cncc5cccc(C)c45)ncc23)CCN1C(=O)C(=C)F. The molecule has 0 unspecified atom stereocenters. The normalized spacial score (nSPS) is 19.8. The van der Waals surface area contributed by atoms with Gasteiger partial charge in [-0.2, -0.15) is 9.97 Å². The average molecular weight is 635 g/mol. The predicted molar refractivity (Wildman–Crippen MR) is 164 cm³/mol. The van der Waals surface area contributed by atoms with E-state index in [0.29, 0.717) is 5.56 Å². The summed E-state index contributed by atoms with van der Waals surface area (Å²) in [5.74, 6) is -5.44.